The third-order valence-corrected chi connectivity index (χ3v) is 3.06. The van der Waals surface area contributed by atoms with Crippen molar-refractivity contribution in [2.75, 3.05) is 14.2 Å². The fraction of sp³-hybridized carbons (Fsp3) is 0.250. The van der Waals surface area contributed by atoms with Crippen molar-refractivity contribution in [1.82, 2.24) is 4.90 Å². The Hall–Kier alpha value is -1.94. The van der Waals surface area contributed by atoms with Crippen molar-refractivity contribution in [2.45, 2.75) is 13.1 Å². The summed E-state index contributed by atoms with van der Waals surface area (Å²) in [6.45, 7) is 1.01. The molecule has 0 N–H and O–H groups in total. The molecule has 2 aromatic carbocycles. The van der Waals surface area contributed by atoms with Gasteiger partial charge in [-0.3, -0.25) is 4.90 Å². The van der Waals surface area contributed by atoms with Crippen LogP contribution < -0.4 is 4.74 Å². The third-order valence-electron chi connectivity index (χ3n) is 3.06. The monoisotopic (exact) mass is 277 g/mol. The highest BCUT2D eigenvalue weighted by molar-refractivity contribution is 5.27. The SMILES string of the molecule is COc1ccc(CN(C)Cc2cc(F)ccc2F)cc1. The molecule has 0 aromatic heterocycles. The van der Waals surface area contributed by atoms with Crippen LogP contribution in [0.5, 0.6) is 5.75 Å². The van der Waals surface area contributed by atoms with Gasteiger partial charge in [0.15, 0.2) is 0 Å². The Morgan fingerprint density at radius 3 is 2.35 bits per heavy atom. The molecule has 20 heavy (non-hydrogen) atoms. The van der Waals surface area contributed by atoms with Crippen molar-refractivity contribution in [1.29, 1.82) is 0 Å². The minimum Gasteiger partial charge on any atom is -0.497 e. The fourth-order valence-electron chi connectivity index (χ4n) is 2.05. The van der Waals surface area contributed by atoms with Gasteiger partial charge in [0.05, 0.1) is 7.11 Å². The van der Waals surface area contributed by atoms with E-state index >= 15 is 0 Å². The predicted octanol–water partition coefficient (Wildman–Crippen LogP) is 3.61. The lowest BCUT2D eigenvalue weighted by atomic mass is 10.1. The summed E-state index contributed by atoms with van der Waals surface area (Å²) < 4.78 is 31.8. The lowest BCUT2D eigenvalue weighted by Gasteiger charge is -2.17. The van der Waals surface area contributed by atoms with E-state index in [4.69, 9.17) is 4.74 Å². The van der Waals surface area contributed by atoms with Crippen LogP contribution in [0.25, 0.3) is 0 Å². The molecule has 0 bridgehead atoms. The zero-order chi connectivity index (χ0) is 14.5. The number of hydrogen-bond acceptors (Lipinski definition) is 2. The Balaban J connectivity index is 2.00. The quantitative estimate of drug-likeness (QED) is 0.828. The molecule has 4 heteroatoms. The molecule has 0 aliphatic rings. The third kappa shape index (κ3) is 3.78. The molecule has 0 radical (unpaired) electrons. The molecular formula is C16H17F2NO. The molecule has 2 nitrogen and oxygen atoms in total. The van der Waals surface area contributed by atoms with E-state index in [0.717, 1.165) is 23.4 Å². The van der Waals surface area contributed by atoms with E-state index < -0.39 is 5.82 Å². The van der Waals surface area contributed by atoms with Gasteiger partial charge in [-0.1, -0.05) is 12.1 Å². The largest absolute Gasteiger partial charge is 0.497 e. The van der Waals surface area contributed by atoms with Gasteiger partial charge in [0.25, 0.3) is 0 Å². The van der Waals surface area contributed by atoms with E-state index in [2.05, 4.69) is 0 Å². The Morgan fingerprint density at radius 1 is 1.00 bits per heavy atom. The molecule has 0 unspecified atom stereocenters. The fourth-order valence-corrected chi connectivity index (χ4v) is 2.05. The van der Waals surface area contributed by atoms with Gasteiger partial charge in [0.2, 0.25) is 0 Å². The normalized spacial score (nSPS) is 10.8. The molecule has 0 atom stereocenters. The number of methoxy groups -OCH3 is 1. The van der Waals surface area contributed by atoms with Crippen LogP contribution >= 0.6 is 0 Å². The maximum atomic E-state index is 13.6. The van der Waals surface area contributed by atoms with E-state index in [1.165, 1.54) is 6.07 Å². The van der Waals surface area contributed by atoms with Crippen LogP contribution in [0.3, 0.4) is 0 Å². The van der Waals surface area contributed by atoms with Crippen LogP contribution in [0.1, 0.15) is 11.1 Å². The molecule has 0 heterocycles. The lowest BCUT2D eigenvalue weighted by Crippen LogP contribution is -2.18. The molecule has 2 rings (SSSR count). The number of rotatable bonds is 5. The highest BCUT2D eigenvalue weighted by atomic mass is 19.1. The first-order valence-corrected chi connectivity index (χ1v) is 6.34. The zero-order valence-corrected chi connectivity index (χ0v) is 11.6. The molecule has 0 fully saturated rings. The summed E-state index contributed by atoms with van der Waals surface area (Å²) in [7, 11) is 3.49. The number of nitrogens with zero attached hydrogens (tertiary/aromatic N) is 1. The molecule has 0 amide bonds. The zero-order valence-electron chi connectivity index (χ0n) is 11.6. The topological polar surface area (TPSA) is 12.5 Å². The first-order chi connectivity index (χ1) is 9.58. The van der Waals surface area contributed by atoms with Crippen LogP contribution in [0, 0.1) is 11.6 Å². The Kier molecular flexibility index (Phi) is 4.69. The van der Waals surface area contributed by atoms with E-state index in [1.54, 1.807) is 7.11 Å². The molecule has 0 aliphatic heterocycles. The number of hydrogen-bond donors (Lipinski definition) is 0. The van der Waals surface area contributed by atoms with Gasteiger partial charge < -0.3 is 4.74 Å². The first-order valence-electron chi connectivity index (χ1n) is 6.34. The standard InChI is InChI=1S/C16H17F2NO/c1-19(10-12-3-6-15(20-2)7-4-12)11-13-9-14(17)5-8-16(13)18/h3-9H,10-11H2,1-2H3. The van der Waals surface area contributed by atoms with E-state index in [0.29, 0.717) is 18.7 Å². The van der Waals surface area contributed by atoms with Crippen molar-refractivity contribution in [3.8, 4) is 5.75 Å². The average Bonchev–Trinajstić information content (AvgIpc) is 2.43. The maximum Gasteiger partial charge on any atom is 0.127 e. The van der Waals surface area contributed by atoms with Gasteiger partial charge in [-0.15, -0.1) is 0 Å². The number of ether oxygens (including phenoxy) is 1. The smallest absolute Gasteiger partial charge is 0.127 e. The second-order valence-corrected chi connectivity index (χ2v) is 4.76. The van der Waals surface area contributed by atoms with Crippen molar-refractivity contribution in [3.63, 3.8) is 0 Å². The average molecular weight is 277 g/mol. The minimum absolute atomic E-state index is 0.357. The molecule has 0 aliphatic carbocycles. The molecular weight excluding hydrogens is 260 g/mol. The predicted molar refractivity (Wildman–Crippen MR) is 74.5 cm³/mol. The summed E-state index contributed by atoms with van der Waals surface area (Å²) in [6.07, 6.45) is 0. The van der Waals surface area contributed by atoms with Crippen LogP contribution in [-0.4, -0.2) is 19.1 Å². The van der Waals surface area contributed by atoms with E-state index in [1.807, 2.05) is 36.2 Å². The Bertz CT molecular complexity index is 569. The minimum atomic E-state index is -0.417. The van der Waals surface area contributed by atoms with Crippen molar-refractivity contribution in [3.05, 3.63) is 65.2 Å². The van der Waals surface area contributed by atoms with Gasteiger partial charge in [0, 0.05) is 18.7 Å². The van der Waals surface area contributed by atoms with Gasteiger partial charge in [0.1, 0.15) is 17.4 Å². The van der Waals surface area contributed by atoms with Crippen molar-refractivity contribution < 1.29 is 13.5 Å². The van der Waals surface area contributed by atoms with Crippen LogP contribution in [0.15, 0.2) is 42.5 Å². The van der Waals surface area contributed by atoms with Crippen LogP contribution in [-0.2, 0) is 13.1 Å². The van der Waals surface area contributed by atoms with E-state index in [-0.39, 0.29) is 5.82 Å². The molecule has 106 valence electrons. The summed E-state index contributed by atoms with van der Waals surface area (Å²) in [6, 6.07) is 11.2. The summed E-state index contributed by atoms with van der Waals surface area (Å²) >= 11 is 0. The summed E-state index contributed by atoms with van der Waals surface area (Å²) in [4.78, 5) is 1.93. The summed E-state index contributed by atoms with van der Waals surface area (Å²) in [5.74, 6) is -0.000179. The van der Waals surface area contributed by atoms with E-state index in [9.17, 15) is 8.78 Å². The van der Waals surface area contributed by atoms with Gasteiger partial charge in [-0.2, -0.15) is 0 Å². The summed E-state index contributed by atoms with van der Waals surface area (Å²) in [5.41, 5.74) is 1.45. The molecule has 0 saturated heterocycles. The lowest BCUT2D eigenvalue weighted by molar-refractivity contribution is 0.312. The highest BCUT2D eigenvalue weighted by Crippen LogP contribution is 2.15. The van der Waals surface area contributed by atoms with Crippen LogP contribution in [0.2, 0.25) is 0 Å². The van der Waals surface area contributed by atoms with Crippen molar-refractivity contribution in [2.24, 2.45) is 0 Å². The van der Waals surface area contributed by atoms with Crippen LogP contribution in [0.4, 0.5) is 8.78 Å². The Morgan fingerprint density at radius 2 is 1.70 bits per heavy atom. The molecule has 0 saturated carbocycles. The van der Waals surface area contributed by atoms with Gasteiger partial charge in [-0.25, -0.2) is 8.78 Å². The summed E-state index contributed by atoms with van der Waals surface area (Å²) in [5, 5.41) is 0. The number of halogens is 2. The highest BCUT2D eigenvalue weighted by Gasteiger charge is 2.08. The second kappa shape index (κ2) is 6.48. The van der Waals surface area contributed by atoms with Gasteiger partial charge >= 0.3 is 0 Å². The molecule has 2 aromatic rings. The Labute approximate surface area is 117 Å². The first kappa shape index (κ1) is 14.5. The second-order valence-electron chi connectivity index (χ2n) is 4.76. The van der Waals surface area contributed by atoms with Crippen molar-refractivity contribution >= 4 is 0 Å². The maximum absolute atomic E-state index is 13.6. The number of benzene rings is 2. The van der Waals surface area contributed by atoms with Gasteiger partial charge in [-0.05, 0) is 42.9 Å². The molecule has 0 spiro atoms.